The molecule has 1 aliphatic heterocycles. The highest BCUT2D eigenvalue weighted by Crippen LogP contribution is 2.24. The summed E-state index contributed by atoms with van der Waals surface area (Å²) in [6.07, 6.45) is 3.10. The van der Waals surface area contributed by atoms with Crippen LogP contribution in [0.3, 0.4) is 0 Å². The van der Waals surface area contributed by atoms with Crippen LogP contribution in [-0.4, -0.2) is 35.4 Å². The summed E-state index contributed by atoms with van der Waals surface area (Å²) in [5.74, 6) is -0.829. The fraction of sp³-hybridized carbons (Fsp3) is 0.125. The summed E-state index contributed by atoms with van der Waals surface area (Å²) in [5, 5.41) is 7.77. The minimum atomic E-state index is -0.776. The molecule has 1 unspecified atom stereocenters. The Labute approximate surface area is 142 Å². The lowest BCUT2D eigenvalue weighted by atomic mass is 10.0. The Morgan fingerprint density at radius 3 is 2.62 bits per heavy atom. The van der Waals surface area contributed by atoms with Crippen LogP contribution >= 0.6 is 11.6 Å². The predicted molar refractivity (Wildman–Crippen MR) is 87.5 cm³/mol. The molecule has 2 aromatic rings. The highest BCUT2D eigenvalue weighted by Gasteiger charge is 2.29. The molecule has 1 aromatic heterocycles. The van der Waals surface area contributed by atoms with Gasteiger partial charge in [-0.25, -0.2) is 4.79 Å². The largest absolute Gasteiger partial charge is 0.349 e. The molecule has 1 aromatic carbocycles. The first-order valence-electron chi connectivity index (χ1n) is 7.14. The van der Waals surface area contributed by atoms with Crippen molar-refractivity contribution in [3.63, 3.8) is 0 Å². The van der Waals surface area contributed by atoms with Gasteiger partial charge in [-0.3, -0.25) is 19.9 Å². The minimum Gasteiger partial charge on any atom is -0.349 e. The molecule has 0 aliphatic carbocycles. The van der Waals surface area contributed by atoms with Gasteiger partial charge in [-0.05, 0) is 23.8 Å². The van der Waals surface area contributed by atoms with E-state index in [-0.39, 0.29) is 12.5 Å². The minimum absolute atomic E-state index is 0.00120. The number of halogens is 1. The van der Waals surface area contributed by atoms with Gasteiger partial charge in [0.1, 0.15) is 6.04 Å². The van der Waals surface area contributed by atoms with Crippen molar-refractivity contribution in [1.29, 1.82) is 0 Å². The van der Waals surface area contributed by atoms with Crippen LogP contribution in [0.5, 0.6) is 0 Å². The molecule has 3 rings (SSSR count). The van der Waals surface area contributed by atoms with Crippen molar-refractivity contribution in [2.24, 2.45) is 0 Å². The molecular weight excluding hydrogens is 332 g/mol. The first kappa shape index (κ1) is 15.9. The molecule has 0 bridgehead atoms. The number of rotatable bonds is 4. The van der Waals surface area contributed by atoms with Crippen LogP contribution in [0, 0.1) is 0 Å². The summed E-state index contributed by atoms with van der Waals surface area (Å²) in [4.78, 5) is 39.0. The Bertz CT molecular complexity index is 807. The summed E-state index contributed by atoms with van der Waals surface area (Å²) >= 11 is 5.88. The van der Waals surface area contributed by atoms with Crippen LogP contribution in [-0.2, 0) is 4.79 Å². The zero-order valence-corrected chi connectivity index (χ0v) is 13.1. The van der Waals surface area contributed by atoms with Crippen molar-refractivity contribution in [3.05, 3.63) is 53.3 Å². The molecule has 2 heterocycles. The van der Waals surface area contributed by atoms with Gasteiger partial charge in [0.2, 0.25) is 0 Å². The topological polar surface area (TPSA) is 100 Å². The summed E-state index contributed by atoms with van der Waals surface area (Å²) in [6.45, 7) is -0.00120. The van der Waals surface area contributed by atoms with Gasteiger partial charge in [-0.1, -0.05) is 23.7 Å². The molecule has 0 spiro atoms. The zero-order valence-electron chi connectivity index (χ0n) is 12.4. The van der Waals surface area contributed by atoms with E-state index in [0.717, 1.165) is 5.56 Å². The lowest BCUT2D eigenvalue weighted by Crippen LogP contribution is -2.41. The van der Waals surface area contributed by atoms with E-state index in [2.05, 4.69) is 20.9 Å². The molecule has 0 saturated carbocycles. The van der Waals surface area contributed by atoms with Gasteiger partial charge < -0.3 is 10.6 Å². The molecule has 1 saturated heterocycles. The van der Waals surface area contributed by atoms with Crippen LogP contribution in [0.2, 0.25) is 5.02 Å². The number of carbonyl (C=O) groups excluding carboxylic acids is 3. The van der Waals surface area contributed by atoms with E-state index in [0.29, 0.717) is 16.1 Å². The number of pyridine rings is 1. The predicted octanol–water partition coefficient (Wildman–Crippen LogP) is 1.34. The lowest BCUT2D eigenvalue weighted by molar-refractivity contribution is -0.120. The molecule has 122 valence electrons. The molecule has 0 radical (unpaired) electrons. The Kier molecular flexibility index (Phi) is 4.43. The SMILES string of the molecule is O=C1NC(=O)C(CNC(=O)c2ccncc2-c2ccc(Cl)cc2)N1. The maximum absolute atomic E-state index is 12.4. The highest BCUT2D eigenvalue weighted by atomic mass is 35.5. The van der Waals surface area contributed by atoms with Crippen LogP contribution in [0.15, 0.2) is 42.7 Å². The zero-order chi connectivity index (χ0) is 17.1. The average Bonchev–Trinajstić information content (AvgIpc) is 2.91. The van der Waals surface area contributed by atoms with Crippen molar-refractivity contribution in [1.82, 2.24) is 20.9 Å². The second-order valence-corrected chi connectivity index (χ2v) is 5.59. The Balaban J connectivity index is 1.77. The molecule has 1 aliphatic rings. The smallest absolute Gasteiger partial charge is 0.322 e. The Morgan fingerprint density at radius 1 is 1.21 bits per heavy atom. The fourth-order valence-corrected chi connectivity index (χ4v) is 2.47. The summed E-state index contributed by atoms with van der Waals surface area (Å²) in [6, 6.07) is 7.29. The van der Waals surface area contributed by atoms with E-state index in [1.807, 2.05) is 0 Å². The molecule has 24 heavy (non-hydrogen) atoms. The quantitative estimate of drug-likeness (QED) is 0.729. The van der Waals surface area contributed by atoms with Crippen LogP contribution in [0.25, 0.3) is 11.1 Å². The standard InChI is InChI=1S/C16H13ClN4O3/c17-10-3-1-9(2-4-10)12-7-18-6-5-11(12)14(22)19-8-13-15(23)21-16(24)20-13/h1-7,13H,8H2,(H,19,22)(H2,20,21,23,24). The van der Waals surface area contributed by atoms with E-state index < -0.39 is 18.0 Å². The monoisotopic (exact) mass is 344 g/mol. The number of amides is 4. The van der Waals surface area contributed by atoms with Gasteiger partial charge in [0.25, 0.3) is 11.8 Å². The molecule has 4 amide bonds. The van der Waals surface area contributed by atoms with E-state index >= 15 is 0 Å². The maximum Gasteiger partial charge on any atom is 0.322 e. The third-order valence-corrected chi connectivity index (χ3v) is 3.80. The number of nitrogens with one attached hydrogen (secondary N) is 3. The number of hydrogen-bond acceptors (Lipinski definition) is 4. The Hall–Kier alpha value is -2.93. The van der Waals surface area contributed by atoms with Crippen molar-refractivity contribution in [2.75, 3.05) is 6.54 Å². The van der Waals surface area contributed by atoms with Crippen LogP contribution in [0.1, 0.15) is 10.4 Å². The summed E-state index contributed by atoms with van der Waals surface area (Å²) in [7, 11) is 0. The van der Waals surface area contributed by atoms with Crippen molar-refractivity contribution in [2.45, 2.75) is 6.04 Å². The number of urea groups is 1. The number of carbonyl (C=O) groups is 3. The third-order valence-electron chi connectivity index (χ3n) is 3.55. The first-order chi connectivity index (χ1) is 11.5. The van der Waals surface area contributed by atoms with Crippen LogP contribution in [0.4, 0.5) is 4.79 Å². The normalized spacial score (nSPS) is 16.5. The molecule has 8 heteroatoms. The summed E-state index contributed by atoms with van der Waals surface area (Å²) in [5.41, 5.74) is 1.85. The number of benzene rings is 1. The van der Waals surface area contributed by atoms with Gasteiger partial charge in [-0.2, -0.15) is 0 Å². The number of nitrogens with zero attached hydrogens (tertiary/aromatic N) is 1. The second kappa shape index (κ2) is 6.67. The van der Waals surface area contributed by atoms with Gasteiger partial charge in [-0.15, -0.1) is 0 Å². The Morgan fingerprint density at radius 2 is 1.96 bits per heavy atom. The fourth-order valence-electron chi connectivity index (χ4n) is 2.34. The van der Waals surface area contributed by atoms with E-state index in [4.69, 9.17) is 11.6 Å². The molecule has 1 fully saturated rings. The average molecular weight is 345 g/mol. The molecule has 3 N–H and O–H groups in total. The van der Waals surface area contributed by atoms with Gasteiger partial charge in [0.05, 0.1) is 5.56 Å². The molecular formula is C16H13ClN4O3. The van der Waals surface area contributed by atoms with Crippen molar-refractivity contribution in [3.8, 4) is 11.1 Å². The van der Waals surface area contributed by atoms with Crippen molar-refractivity contribution < 1.29 is 14.4 Å². The second-order valence-electron chi connectivity index (χ2n) is 5.15. The number of hydrogen-bond donors (Lipinski definition) is 3. The van der Waals surface area contributed by atoms with Crippen molar-refractivity contribution >= 4 is 29.4 Å². The summed E-state index contributed by atoms with van der Waals surface area (Å²) < 4.78 is 0. The van der Waals surface area contributed by atoms with E-state index in [1.54, 1.807) is 36.5 Å². The van der Waals surface area contributed by atoms with Gasteiger partial charge >= 0.3 is 6.03 Å². The maximum atomic E-state index is 12.4. The van der Waals surface area contributed by atoms with Gasteiger partial charge in [0, 0.05) is 29.5 Å². The number of imide groups is 1. The third kappa shape index (κ3) is 3.36. The molecule has 1 atom stereocenters. The van der Waals surface area contributed by atoms with E-state index in [1.165, 1.54) is 6.20 Å². The van der Waals surface area contributed by atoms with Gasteiger partial charge in [0.15, 0.2) is 0 Å². The lowest BCUT2D eigenvalue weighted by Gasteiger charge is -2.12. The highest BCUT2D eigenvalue weighted by molar-refractivity contribution is 6.30. The first-order valence-corrected chi connectivity index (χ1v) is 7.52. The van der Waals surface area contributed by atoms with Crippen LogP contribution < -0.4 is 16.0 Å². The van der Waals surface area contributed by atoms with E-state index in [9.17, 15) is 14.4 Å². The molecule has 7 nitrogen and oxygen atoms in total. The number of aromatic nitrogens is 1.